The fourth-order valence-electron chi connectivity index (χ4n) is 3.69. The van der Waals surface area contributed by atoms with Gasteiger partial charge in [0, 0.05) is 17.6 Å². The van der Waals surface area contributed by atoms with Crippen LogP contribution in [0.3, 0.4) is 0 Å². The number of nitrogens with two attached hydrogens (primary N) is 1. The van der Waals surface area contributed by atoms with Crippen LogP contribution in [0.4, 0.5) is 0 Å². The summed E-state index contributed by atoms with van der Waals surface area (Å²) >= 11 is 0. The highest BCUT2D eigenvalue weighted by atomic mass is 16.5. The largest absolute Gasteiger partial charge is 0.492 e. The Labute approximate surface area is 127 Å². The molecule has 21 heavy (non-hydrogen) atoms. The first-order valence-corrected chi connectivity index (χ1v) is 7.88. The van der Waals surface area contributed by atoms with Crippen molar-refractivity contribution in [1.29, 1.82) is 0 Å². The second-order valence-corrected chi connectivity index (χ2v) is 6.83. The molecule has 4 heteroatoms. The molecule has 1 heterocycles. The van der Waals surface area contributed by atoms with Gasteiger partial charge >= 0.3 is 0 Å². The normalized spacial score (nSPS) is 27.1. The van der Waals surface area contributed by atoms with Crippen LogP contribution >= 0.6 is 0 Å². The van der Waals surface area contributed by atoms with Gasteiger partial charge in [0.1, 0.15) is 12.4 Å². The summed E-state index contributed by atoms with van der Waals surface area (Å²) in [6.45, 7) is 1.74. The molecule has 4 nitrogen and oxygen atoms in total. The summed E-state index contributed by atoms with van der Waals surface area (Å²) in [5.41, 5.74) is 7.97. The third kappa shape index (κ3) is 2.56. The van der Waals surface area contributed by atoms with E-state index in [0.717, 1.165) is 17.9 Å². The summed E-state index contributed by atoms with van der Waals surface area (Å²) in [4.78, 5) is 4.79. The van der Waals surface area contributed by atoms with Crippen molar-refractivity contribution >= 4 is 0 Å². The number of para-hydroxylation sites is 1. The maximum Gasteiger partial charge on any atom is 0.124 e. The Kier molecular flexibility index (Phi) is 3.95. The van der Waals surface area contributed by atoms with Gasteiger partial charge < -0.3 is 15.4 Å². The summed E-state index contributed by atoms with van der Waals surface area (Å²) in [7, 11) is 6.57. The molecule has 1 aromatic rings. The molecule has 0 aromatic heterocycles. The van der Waals surface area contributed by atoms with Crippen molar-refractivity contribution in [3.05, 3.63) is 29.8 Å². The van der Waals surface area contributed by atoms with Gasteiger partial charge in [-0.3, -0.25) is 4.90 Å². The smallest absolute Gasteiger partial charge is 0.124 e. The van der Waals surface area contributed by atoms with E-state index >= 15 is 0 Å². The lowest BCUT2D eigenvalue weighted by Crippen LogP contribution is -2.60. The van der Waals surface area contributed by atoms with Gasteiger partial charge in [-0.25, -0.2) is 0 Å². The molecule has 116 valence electrons. The molecule has 0 radical (unpaired) electrons. The van der Waals surface area contributed by atoms with Crippen LogP contribution in [0.5, 0.6) is 5.75 Å². The van der Waals surface area contributed by atoms with E-state index in [0.29, 0.717) is 12.1 Å². The fourth-order valence-corrected chi connectivity index (χ4v) is 3.69. The number of rotatable bonds is 4. The first kappa shape index (κ1) is 14.8. The molecule has 3 rings (SSSR count). The van der Waals surface area contributed by atoms with Crippen LogP contribution in [0.15, 0.2) is 24.3 Å². The number of ether oxygens (including phenoxy) is 1. The maximum absolute atomic E-state index is 6.51. The predicted octanol–water partition coefficient (Wildman–Crippen LogP) is 1.86. The monoisotopic (exact) mass is 289 g/mol. The minimum absolute atomic E-state index is 0.0271. The Hall–Kier alpha value is -1.10. The standard InChI is InChI=1S/C17H27N3O/c1-19(2)17(9-6-10-17)12-20(3)14-11-21-15-8-5-4-7-13(15)16(14)18/h4-5,7-8,14,16H,6,9-12,18H2,1-3H3. The Morgan fingerprint density at radius 1 is 1.24 bits per heavy atom. The molecular weight excluding hydrogens is 262 g/mol. The van der Waals surface area contributed by atoms with Crippen molar-refractivity contribution < 1.29 is 4.74 Å². The van der Waals surface area contributed by atoms with Gasteiger partial charge in [0.15, 0.2) is 0 Å². The molecule has 1 fully saturated rings. The predicted molar refractivity (Wildman–Crippen MR) is 85.6 cm³/mol. The first-order valence-electron chi connectivity index (χ1n) is 7.88. The quantitative estimate of drug-likeness (QED) is 0.919. The topological polar surface area (TPSA) is 41.7 Å². The number of likely N-dealkylation sites (N-methyl/N-ethyl adjacent to an activating group) is 2. The van der Waals surface area contributed by atoms with Crippen LogP contribution in [0, 0.1) is 0 Å². The van der Waals surface area contributed by atoms with Crippen molar-refractivity contribution in [1.82, 2.24) is 9.80 Å². The Morgan fingerprint density at radius 2 is 1.95 bits per heavy atom. The molecule has 2 N–H and O–H groups in total. The zero-order valence-electron chi connectivity index (χ0n) is 13.4. The zero-order valence-corrected chi connectivity index (χ0v) is 13.4. The number of fused-ring (bicyclic) bond motifs is 1. The molecule has 1 saturated carbocycles. The second-order valence-electron chi connectivity index (χ2n) is 6.83. The van der Waals surface area contributed by atoms with Gasteiger partial charge in [-0.2, -0.15) is 0 Å². The van der Waals surface area contributed by atoms with Crippen molar-refractivity contribution in [3.8, 4) is 5.75 Å². The lowest BCUT2D eigenvalue weighted by atomic mass is 9.75. The minimum atomic E-state index is 0.0271. The molecule has 0 bridgehead atoms. The summed E-state index contributed by atoms with van der Waals surface area (Å²) in [6, 6.07) is 8.42. The molecule has 0 saturated heterocycles. The molecule has 1 aliphatic heterocycles. The highest BCUT2D eigenvalue weighted by Crippen LogP contribution is 2.38. The molecule has 1 aromatic carbocycles. The van der Waals surface area contributed by atoms with Crippen molar-refractivity contribution in [2.75, 3.05) is 34.3 Å². The van der Waals surface area contributed by atoms with E-state index in [-0.39, 0.29) is 12.1 Å². The average Bonchev–Trinajstić information content (AvgIpc) is 2.43. The fraction of sp³-hybridized carbons (Fsp3) is 0.647. The Balaban J connectivity index is 1.73. The van der Waals surface area contributed by atoms with Gasteiger partial charge in [0.05, 0.1) is 12.1 Å². The highest BCUT2D eigenvalue weighted by molar-refractivity contribution is 5.38. The molecule has 2 unspecified atom stereocenters. The third-order valence-corrected chi connectivity index (χ3v) is 5.45. The molecule has 0 amide bonds. The Bertz CT molecular complexity index is 499. The van der Waals surface area contributed by atoms with Gasteiger partial charge in [-0.1, -0.05) is 18.2 Å². The number of hydrogen-bond donors (Lipinski definition) is 1. The van der Waals surface area contributed by atoms with Crippen LogP contribution < -0.4 is 10.5 Å². The van der Waals surface area contributed by atoms with Gasteiger partial charge in [-0.15, -0.1) is 0 Å². The summed E-state index contributed by atoms with van der Waals surface area (Å²) in [5.74, 6) is 0.945. The third-order valence-electron chi connectivity index (χ3n) is 5.45. The maximum atomic E-state index is 6.51. The number of benzene rings is 1. The van der Waals surface area contributed by atoms with Crippen molar-refractivity contribution in [2.45, 2.75) is 36.9 Å². The van der Waals surface area contributed by atoms with Crippen LogP contribution in [-0.2, 0) is 0 Å². The van der Waals surface area contributed by atoms with Crippen LogP contribution in [-0.4, -0.2) is 55.7 Å². The highest BCUT2D eigenvalue weighted by Gasteiger charge is 2.42. The molecule has 2 aliphatic rings. The number of hydrogen-bond acceptors (Lipinski definition) is 4. The van der Waals surface area contributed by atoms with Crippen LogP contribution in [0.1, 0.15) is 30.9 Å². The molecular formula is C17H27N3O. The molecule has 2 atom stereocenters. The van der Waals surface area contributed by atoms with Gasteiger partial charge in [0.2, 0.25) is 0 Å². The zero-order chi connectivity index (χ0) is 15.0. The van der Waals surface area contributed by atoms with Gasteiger partial charge in [0.25, 0.3) is 0 Å². The first-order chi connectivity index (χ1) is 10.0. The molecule has 1 aliphatic carbocycles. The number of nitrogens with zero attached hydrogens (tertiary/aromatic N) is 2. The molecule has 0 spiro atoms. The lowest BCUT2D eigenvalue weighted by molar-refractivity contribution is 0.00177. The van der Waals surface area contributed by atoms with Crippen LogP contribution in [0.25, 0.3) is 0 Å². The van der Waals surface area contributed by atoms with Crippen LogP contribution in [0.2, 0.25) is 0 Å². The summed E-state index contributed by atoms with van der Waals surface area (Å²) in [5, 5.41) is 0. The van der Waals surface area contributed by atoms with E-state index < -0.39 is 0 Å². The van der Waals surface area contributed by atoms with Crippen molar-refractivity contribution in [3.63, 3.8) is 0 Å². The second kappa shape index (κ2) is 5.59. The lowest BCUT2D eigenvalue weighted by Gasteiger charge is -2.51. The van der Waals surface area contributed by atoms with Crippen molar-refractivity contribution in [2.24, 2.45) is 5.73 Å². The van der Waals surface area contributed by atoms with E-state index in [4.69, 9.17) is 10.5 Å². The minimum Gasteiger partial charge on any atom is -0.492 e. The van der Waals surface area contributed by atoms with E-state index in [2.05, 4.69) is 37.0 Å². The average molecular weight is 289 g/mol. The van der Waals surface area contributed by atoms with E-state index in [1.165, 1.54) is 19.3 Å². The SMILES string of the molecule is CN(CC1(N(C)C)CCC1)C1COc2ccccc2C1N. The Morgan fingerprint density at radius 3 is 2.57 bits per heavy atom. The van der Waals surface area contributed by atoms with E-state index in [9.17, 15) is 0 Å². The van der Waals surface area contributed by atoms with E-state index in [1.807, 2.05) is 18.2 Å². The van der Waals surface area contributed by atoms with Gasteiger partial charge in [-0.05, 0) is 46.5 Å². The summed E-state index contributed by atoms with van der Waals surface area (Å²) < 4.78 is 5.92. The summed E-state index contributed by atoms with van der Waals surface area (Å²) in [6.07, 6.45) is 3.90. The van der Waals surface area contributed by atoms with E-state index in [1.54, 1.807) is 0 Å².